The van der Waals surface area contributed by atoms with Crippen molar-refractivity contribution >= 4 is 17.1 Å². The van der Waals surface area contributed by atoms with Gasteiger partial charge in [0.2, 0.25) is 0 Å². The number of imidazole rings is 1. The van der Waals surface area contributed by atoms with Gasteiger partial charge in [-0.3, -0.25) is 0 Å². The van der Waals surface area contributed by atoms with Gasteiger partial charge in [0.1, 0.15) is 11.6 Å². The van der Waals surface area contributed by atoms with Gasteiger partial charge in [-0.1, -0.05) is 49.9 Å². The van der Waals surface area contributed by atoms with Gasteiger partial charge in [0.25, 0.3) is 0 Å². The van der Waals surface area contributed by atoms with Crippen LogP contribution < -0.4 is 15.4 Å². The molecule has 1 fully saturated rings. The van der Waals surface area contributed by atoms with E-state index in [-0.39, 0.29) is 18.1 Å². The second kappa shape index (κ2) is 9.65. The molecule has 1 aromatic heterocycles. The van der Waals surface area contributed by atoms with Gasteiger partial charge < -0.3 is 20.4 Å². The fourth-order valence-electron chi connectivity index (χ4n) is 4.16. The molecule has 3 N–H and O–H groups in total. The summed E-state index contributed by atoms with van der Waals surface area (Å²) in [5.74, 6) is 1.58. The molecule has 0 spiro atoms. The van der Waals surface area contributed by atoms with E-state index in [1.54, 1.807) is 7.11 Å². The molecule has 1 unspecified atom stereocenters. The lowest BCUT2D eigenvalue weighted by molar-refractivity contribution is 0.231. The van der Waals surface area contributed by atoms with Crippen LogP contribution in [0.15, 0.2) is 48.5 Å². The van der Waals surface area contributed by atoms with E-state index in [4.69, 9.17) is 9.72 Å². The van der Waals surface area contributed by atoms with Crippen LogP contribution >= 0.6 is 0 Å². The van der Waals surface area contributed by atoms with Crippen LogP contribution in [0.5, 0.6) is 5.75 Å². The molecule has 1 aliphatic carbocycles. The summed E-state index contributed by atoms with van der Waals surface area (Å²) in [6.07, 6.45) is 7.65. The predicted molar refractivity (Wildman–Crippen MR) is 119 cm³/mol. The molecule has 4 rings (SSSR count). The third kappa shape index (κ3) is 5.12. The number of hydrogen-bond donors (Lipinski definition) is 3. The fraction of sp³-hybridized carbons (Fsp3) is 0.417. The molecular formula is C24H30N4O2. The highest BCUT2D eigenvalue weighted by Gasteiger charge is 2.21. The Morgan fingerprint density at radius 3 is 2.53 bits per heavy atom. The molecule has 1 heterocycles. The van der Waals surface area contributed by atoms with Gasteiger partial charge in [-0.2, -0.15) is 0 Å². The maximum Gasteiger partial charge on any atom is 0.315 e. The van der Waals surface area contributed by atoms with Crippen molar-refractivity contribution in [2.75, 3.05) is 7.11 Å². The normalized spacial score (nSPS) is 16.0. The van der Waals surface area contributed by atoms with Crippen LogP contribution in [0.1, 0.15) is 56.0 Å². The van der Waals surface area contributed by atoms with E-state index in [1.165, 1.54) is 25.7 Å². The van der Waals surface area contributed by atoms with Crippen LogP contribution in [0.3, 0.4) is 0 Å². The number of aromatic nitrogens is 2. The lowest BCUT2D eigenvalue weighted by atomic mass is 10.1. The van der Waals surface area contributed by atoms with Gasteiger partial charge in [0.05, 0.1) is 24.2 Å². The Bertz CT molecular complexity index is 926. The quantitative estimate of drug-likeness (QED) is 0.511. The standard InChI is InChI=1S/C24H30N4O2/c1-30-19-14-12-17(13-15-19)16-22(23-26-20-10-6-7-11-21(20)27-23)28-24(29)25-18-8-4-2-3-5-9-18/h6-7,10-15,18,22H,2-5,8-9,16H2,1H3,(H,26,27)(H2,25,28,29). The average molecular weight is 407 g/mol. The van der Waals surface area contributed by atoms with Crippen LogP contribution in [0.4, 0.5) is 4.79 Å². The van der Waals surface area contributed by atoms with Crippen molar-refractivity contribution in [3.63, 3.8) is 0 Å². The minimum Gasteiger partial charge on any atom is -0.497 e. The predicted octanol–water partition coefficient (Wildman–Crippen LogP) is 4.88. The van der Waals surface area contributed by atoms with Crippen LogP contribution in [0.2, 0.25) is 0 Å². The first-order chi connectivity index (χ1) is 14.7. The number of urea groups is 1. The highest BCUT2D eigenvalue weighted by molar-refractivity contribution is 5.76. The number of rotatable bonds is 6. The first kappa shape index (κ1) is 20.3. The number of H-pyrrole nitrogens is 1. The Kier molecular flexibility index (Phi) is 6.52. The maximum absolute atomic E-state index is 12.8. The number of nitrogens with zero attached hydrogens (tertiary/aromatic N) is 1. The Morgan fingerprint density at radius 1 is 1.10 bits per heavy atom. The summed E-state index contributed by atoms with van der Waals surface area (Å²) in [6.45, 7) is 0. The fourth-order valence-corrected chi connectivity index (χ4v) is 4.16. The lowest BCUT2D eigenvalue weighted by Gasteiger charge is -2.21. The minimum absolute atomic E-state index is 0.124. The molecule has 6 heteroatoms. The average Bonchev–Trinajstić information content (AvgIpc) is 3.04. The summed E-state index contributed by atoms with van der Waals surface area (Å²) in [6, 6.07) is 15.7. The van der Waals surface area contributed by atoms with E-state index in [9.17, 15) is 4.79 Å². The molecule has 1 atom stereocenters. The Balaban J connectivity index is 1.51. The van der Waals surface area contributed by atoms with E-state index in [1.807, 2.05) is 48.5 Å². The van der Waals surface area contributed by atoms with Crippen molar-refractivity contribution in [1.82, 2.24) is 20.6 Å². The number of benzene rings is 2. The second-order valence-corrected chi connectivity index (χ2v) is 8.05. The number of methoxy groups -OCH3 is 1. The molecule has 2 amide bonds. The number of ether oxygens (including phenoxy) is 1. The summed E-state index contributed by atoms with van der Waals surface area (Å²) in [5, 5.41) is 6.35. The molecule has 0 radical (unpaired) electrons. The van der Waals surface area contributed by atoms with Crippen molar-refractivity contribution in [3.05, 3.63) is 59.9 Å². The second-order valence-electron chi connectivity index (χ2n) is 8.05. The van der Waals surface area contributed by atoms with E-state index in [0.717, 1.165) is 41.0 Å². The highest BCUT2D eigenvalue weighted by atomic mass is 16.5. The zero-order valence-corrected chi connectivity index (χ0v) is 17.5. The van der Waals surface area contributed by atoms with Crippen molar-refractivity contribution in [2.45, 2.75) is 57.0 Å². The number of para-hydroxylation sites is 2. The first-order valence-electron chi connectivity index (χ1n) is 10.9. The van der Waals surface area contributed by atoms with Crippen molar-refractivity contribution in [2.24, 2.45) is 0 Å². The van der Waals surface area contributed by atoms with Gasteiger partial charge in [0, 0.05) is 6.04 Å². The summed E-state index contributed by atoms with van der Waals surface area (Å²) in [7, 11) is 1.66. The summed E-state index contributed by atoms with van der Waals surface area (Å²) < 4.78 is 5.26. The van der Waals surface area contributed by atoms with E-state index in [0.29, 0.717) is 6.42 Å². The van der Waals surface area contributed by atoms with Gasteiger partial charge in [-0.15, -0.1) is 0 Å². The van der Waals surface area contributed by atoms with Gasteiger partial charge >= 0.3 is 6.03 Å². The van der Waals surface area contributed by atoms with Crippen LogP contribution in [0, 0.1) is 0 Å². The largest absolute Gasteiger partial charge is 0.497 e. The van der Waals surface area contributed by atoms with Crippen molar-refractivity contribution in [3.8, 4) is 5.75 Å². The number of hydrogen-bond acceptors (Lipinski definition) is 3. The van der Waals surface area contributed by atoms with Crippen molar-refractivity contribution < 1.29 is 9.53 Å². The van der Waals surface area contributed by atoms with Gasteiger partial charge in [-0.25, -0.2) is 9.78 Å². The molecule has 0 saturated heterocycles. The molecule has 158 valence electrons. The summed E-state index contributed by atoms with van der Waals surface area (Å²) in [4.78, 5) is 20.9. The number of aromatic amines is 1. The smallest absolute Gasteiger partial charge is 0.315 e. The number of nitrogens with one attached hydrogen (secondary N) is 3. The zero-order valence-electron chi connectivity index (χ0n) is 17.5. The first-order valence-corrected chi connectivity index (χ1v) is 10.9. The molecule has 6 nitrogen and oxygen atoms in total. The SMILES string of the molecule is COc1ccc(CC(NC(=O)NC2CCCCCC2)c2nc3ccccc3[nH]2)cc1. The third-order valence-corrected chi connectivity index (χ3v) is 5.83. The minimum atomic E-state index is -0.253. The number of fused-ring (bicyclic) bond motifs is 1. The molecular weight excluding hydrogens is 376 g/mol. The highest BCUT2D eigenvalue weighted by Crippen LogP contribution is 2.22. The number of carbonyl (C=O) groups excluding carboxylic acids is 1. The lowest BCUT2D eigenvalue weighted by Crippen LogP contribution is -2.44. The zero-order chi connectivity index (χ0) is 20.8. The van der Waals surface area contributed by atoms with E-state index < -0.39 is 0 Å². The molecule has 2 aromatic carbocycles. The monoisotopic (exact) mass is 406 g/mol. The van der Waals surface area contributed by atoms with Crippen LogP contribution in [-0.4, -0.2) is 29.2 Å². The third-order valence-electron chi connectivity index (χ3n) is 5.83. The molecule has 0 bridgehead atoms. The summed E-state index contributed by atoms with van der Waals surface area (Å²) in [5.41, 5.74) is 2.98. The van der Waals surface area contributed by atoms with Crippen LogP contribution in [-0.2, 0) is 6.42 Å². The number of carbonyl (C=O) groups is 1. The number of amides is 2. The Hall–Kier alpha value is -3.02. The van der Waals surface area contributed by atoms with Crippen molar-refractivity contribution in [1.29, 1.82) is 0 Å². The summed E-state index contributed by atoms with van der Waals surface area (Å²) >= 11 is 0. The van der Waals surface area contributed by atoms with E-state index in [2.05, 4.69) is 15.6 Å². The van der Waals surface area contributed by atoms with E-state index >= 15 is 0 Å². The Labute approximate surface area is 177 Å². The Morgan fingerprint density at radius 2 is 1.83 bits per heavy atom. The van der Waals surface area contributed by atoms with Gasteiger partial charge in [-0.05, 0) is 49.1 Å². The van der Waals surface area contributed by atoms with Gasteiger partial charge in [0.15, 0.2) is 0 Å². The molecule has 30 heavy (non-hydrogen) atoms. The molecule has 1 saturated carbocycles. The molecule has 1 aliphatic rings. The maximum atomic E-state index is 12.8. The molecule has 0 aliphatic heterocycles. The molecule has 3 aromatic rings. The topological polar surface area (TPSA) is 79.0 Å². The van der Waals surface area contributed by atoms with Crippen LogP contribution in [0.25, 0.3) is 11.0 Å².